The monoisotopic (exact) mass is 446 g/mol. The van der Waals surface area contributed by atoms with Crippen LogP contribution in [0.1, 0.15) is 43.0 Å². The van der Waals surface area contributed by atoms with E-state index in [-0.39, 0.29) is 30.2 Å². The Morgan fingerprint density at radius 3 is 2.74 bits per heavy atom. The van der Waals surface area contributed by atoms with Gasteiger partial charge in [-0.1, -0.05) is 19.4 Å². The largest absolute Gasteiger partial charge is 0.356 e. The van der Waals surface area contributed by atoms with Crippen LogP contribution in [0.15, 0.2) is 24.3 Å². The predicted octanol–water partition coefficient (Wildman–Crippen LogP) is 2.44. The zero-order valence-electron chi connectivity index (χ0n) is 18.4. The molecule has 0 spiro atoms. The van der Waals surface area contributed by atoms with Gasteiger partial charge in [0, 0.05) is 48.9 Å². The van der Waals surface area contributed by atoms with E-state index in [9.17, 15) is 14.4 Å². The third-order valence-corrected chi connectivity index (χ3v) is 6.71. The summed E-state index contributed by atoms with van der Waals surface area (Å²) in [5.74, 6) is 1.88. The fourth-order valence-electron chi connectivity index (χ4n) is 4.03. The first-order chi connectivity index (χ1) is 15.1. The van der Waals surface area contributed by atoms with E-state index >= 15 is 0 Å². The van der Waals surface area contributed by atoms with Crippen LogP contribution in [-0.2, 0) is 9.59 Å². The highest BCUT2D eigenvalue weighted by atomic mass is 32.2. The molecule has 31 heavy (non-hydrogen) atoms. The smallest absolute Gasteiger partial charge is 0.253 e. The summed E-state index contributed by atoms with van der Waals surface area (Å²) in [4.78, 5) is 41.6. The van der Waals surface area contributed by atoms with Crippen molar-refractivity contribution in [1.82, 2.24) is 15.1 Å². The average Bonchev–Trinajstić information content (AvgIpc) is 2.79. The Hall–Kier alpha value is -2.06. The molecule has 3 amide bonds. The minimum Gasteiger partial charge on any atom is -0.356 e. The molecule has 3 rings (SSSR count). The summed E-state index contributed by atoms with van der Waals surface area (Å²) in [6.07, 6.45) is 3.83. The first kappa shape index (κ1) is 23.6. The maximum atomic E-state index is 12.7. The van der Waals surface area contributed by atoms with Crippen LogP contribution in [0.4, 0.5) is 5.69 Å². The van der Waals surface area contributed by atoms with Crippen LogP contribution in [0.5, 0.6) is 0 Å². The van der Waals surface area contributed by atoms with E-state index in [1.54, 1.807) is 24.3 Å². The van der Waals surface area contributed by atoms with Gasteiger partial charge in [-0.15, -0.1) is 0 Å². The molecule has 0 radical (unpaired) electrons. The molecule has 1 aromatic rings. The molecule has 1 atom stereocenters. The number of carbonyl (C=O) groups is 3. The molecule has 1 unspecified atom stereocenters. The number of anilines is 1. The lowest BCUT2D eigenvalue weighted by atomic mass is 9.97. The molecular weight excluding hydrogens is 412 g/mol. The number of nitrogens with zero attached hydrogens (tertiary/aromatic N) is 2. The molecule has 2 heterocycles. The van der Waals surface area contributed by atoms with Gasteiger partial charge in [0.2, 0.25) is 11.8 Å². The van der Waals surface area contributed by atoms with Crippen molar-refractivity contribution in [3.05, 3.63) is 29.8 Å². The van der Waals surface area contributed by atoms with Crippen LogP contribution >= 0.6 is 11.8 Å². The van der Waals surface area contributed by atoms with E-state index < -0.39 is 0 Å². The molecule has 2 fully saturated rings. The van der Waals surface area contributed by atoms with E-state index in [0.717, 1.165) is 63.4 Å². The lowest BCUT2D eigenvalue weighted by molar-refractivity contribution is -0.127. The number of benzene rings is 1. The minimum absolute atomic E-state index is 0.0179. The zero-order valence-corrected chi connectivity index (χ0v) is 19.2. The van der Waals surface area contributed by atoms with Gasteiger partial charge in [0.05, 0.1) is 12.5 Å². The molecule has 0 aliphatic carbocycles. The van der Waals surface area contributed by atoms with Crippen molar-refractivity contribution in [2.75, 3.05) is 56.1 Å². The standard InChI is InChI=1S/C23H34N4O3S/c1-2-3-9-24-22(29)19-7-5-10-26(16-19)17-21(28)25-20-8-4-6-18(15-20)23(30)27-11-13-31-14-12-27/h4,6,8,15,19H,2-3,5,7,9-14,16-17H2,1H3,(H,24,29)(H,25,28). The maximum Gasteiger partial charge on any atom is 0.253 e. The molecule has 2 aliphatic heterocycles. The van der Waals surface area contributed by atoms with E-state index in [2.05, 4.69) is 17.6 Å². The van der Waals surface area contributed by atoms with E-state index in [0.29, 0.717) is 17.8 Å². The topological polar surface area (TPSA) is 81.8 Å². The SMILES string of the molecule is CCCCNC(=O)C1CCCN(CC(=O)Nc2cccc(C(=O)N3CCSCC3)c2)C1. The Labute approximate surface area is 189 Å². The molecule has 0 aromatic heterocycles. The van der Waals surface area contributed by atoms with Crippen LogP contribution in [0.2, 0.25) is 0 Å². The number of piperidine rings is 1. The summed E-state index contributed by atoms with van der Waals surface area (Å²) in [6, 6.07) is 7.16. The van der Waals surface area contributed by atoms with Gasteiger partial charge in [0.15, 0.2) is 0 Å². The number of thioether (sulfide) groups is 1. The minimum atomic E-state index is -0.119. The van der Waals surface area contributed by atoms with Crippen LogP contribution < -0.4 is 10.6 Å². The van der Waals surface area contributed by atoms with Gasteiger partial charge in [-0.25, -0.2) is 0 Å². The van der Waals surface area contributed by atoms with Crippen LogP contribution in [0.25, 0.3) is 0 Å². The molecule has 2 N–H and O–H groups in total. The molecule has 7 nitrogen and oxygen atoms in total. The predicted molar refractivity (Wildman–Crippen MR) is 125 cm³/mol. The summed E-state index contributed by atoms with van der Waals surface area (Å²) < 4.78 is 0. The average molecular weight is 447 g/mol. The lowest BCUT2D eigenvalue weighted by Crippen LogP contribution is -2.45. The number of likely N-dealkylation sites (tertiary alicyclic amines) is 1. The van der Waals surface area contributed by atoms with Gasteiger partial charge in [-0.05, 0) is 44.0 Å². The maximum absolute atomic E-state index is 12.7. The summed E-state index contributed by atoms with van der Waals surface area (Å²) in [5.41, 5.74) is 1.24. The number of unbranched alkanes of at least 4 members (excludes halogenated alkanes) is 1. The molecule has 2 aliphatic rings. The van der Waals surface area contributed by atoms with Gasteiger partial charge < -0.3 is 15.5 Å². The second kappa shape index (κ2) is 12.1. The Morgan fingerprint density at radius 1 is 1.16 bits per heavy atom. The first-order valence-corrected chi connectivity index (χ1v) is 12.5. The summed E-state index contributed by atoms with van der Waals surface area (Å²) in [6.45, 7) is 6.03. The van der Waals surface area contributed by atoms with Gasteiger partial charge in [0.1, 0.15) is 0 Å². The Bertz CT molecular complexity index is 767. The molecule has 170 valence electrons. The van der Waals surface area contributed by atoms with Crippen molar-refractivity contribution >= 4 is 35.2 Å². The molecule has 0 bridgehead atoms. The number of hydrogen-bond acceptors (Lipinski definition) is 5. The third kappa shape index (κ3) is 7.25. The highest BCUT2D eigenvalue weighted by Gasteiger charge is 2.26. The Kier molecular flexibility index (Phi) is 9.21. The van der Waals surface area contributed by atoms with Crippen LogP contribution in [0, 0.1) is 5.92 Å². The summed E-state index contributed by atoms with van der Waals surface area (Å²) in [7, 11) is 0. The van der Waals surface area contributed by atoms with Gasteiger partial charge >= 0.3 is 0 Å². The van der Waals surface area contributed by atoms with Gasteiger partial charge in [-0.2, -0.15) is 11.8 Å². The van der Waals surface area contributed by atoms with Crippen molar-refractivity contribution in [2.45, 2.75) is 32.6 Å². The van der Waals surface area contributed by atoms with Gasteiger partial charge in [-0.3, -0.25) is 19.3 Å². The highest BCUT2D eigenvalue weighted by molar-refractivity contribution is 7.99. The number of rotatable bonds is 8. The highest BCUT2D eigenvalue weighted by Crippen LogP contribution is 2.18. The zero-order chi connectivity index (χ0) is 22.1. The second-order valence-electron chi connectivity index (χ2n) is 8.25. The van der Waals surface area contributed by atoms with Gasteiger partial charge in [0.25, 0.3) is 5.91 Å². The molecule has 1 aromatic carbocycles. The van der Waals surface area contributed by atoms with E-state index in [1.165, 1.54) is 0 Å². The summed E-state index contributed by atoms with van der Waals surface area (Å²) in [5, 5.41) is 5.92. The third-order valence-electron chi connectivity index (χ3n) is 5.76. The van der Waals surface area contributed by atoms with Crippen molar-refractivity contribution in [1.29, 1.82) is 0 Å². The number of nitrogens with one attached hydrogen (secondary N) is 2. The fourth-order valence-corrected chi connectivity index (χ4v) is 4.93. The van der Waals surface area contributed by atoms with E-state index in [4.69, 9.17) is 0 Å². The van der Waals surface area contributed by atoms with Crippen molar-refractivity contribution in [3.8, 4) is 0 Å². The fraction of sp³-hybridized carbons (Fsp3) is 0.609. The first-order valence-electron chi connectivity index (χ1n) is 11.3. The molecule has 2 saturated heterocycles. The Balaban J connectivity index is 1.50. The molecule has 8 heteroatoms. The number of amides is 3. The Morgan fingerprint density at radius 2 is 1.97 bits per heavy atom. The summed E-state index contributed by atoms with van der Waals surface area (Å²) >= 11 is 1.87. The number of hydrogen-bond donors (Lipinski definition) is 2. The van der Waals surface area contributed by atoms with Crippen LogP contribution in [0.3, 0.4) is 0 Å². The quantitative estimate of drug-likeness (QED) is 0.600. The molecule has 0 saturated carbocycles. The van der Waals surface area contributed by atoms with E-state index in [1.807, 2.05) is 21.6 Å². The van der Waals surface area contributed by atoms with Crippen molar-refractivity contribution in [2.24, 2.45) is 5.92 Å². The lowest BCUT2D eigenvalue weighted by Gasteiger charge is -2.31. The van der Waals surface area contributed by atoms with Crippen LogP contribution in [-0.4, -0.2) is 78.3 Å². The normalized spacial score (nSPS) is 19.6. The molecular formula is C23H34N4O3S. The van der Waals surface area contributed by atoms with Crippen molar-refractivity contribution < 1.29 is 14.4 Å². The van der Waals surface area contributed by atoms with Crippen molar-refractivity contribution in [3.63, 3.8) is 0 Å². The second-order valence-corrected chi connectivity index (χ2v) is 9.48. The number of carbonyl (C=O) groups excluding carboxylic acids is 3.